The smallest absolute Gasteiger partial charge is 0.307 e. The monoisotopic (exact) mass is 392 g/mol. The highest BCUT2D eigenvalue weighted by Crippen LogP contribution is 2.39. The first-order valence-corrected chi connectivity index (χ1v) is 9.42. The third-order valence-corrected chi connectivity index (χ3v) is 4.37. The highest BCUT2D eigenvalue weighted by molar-refractivity contribution is 5.71. The molecule has 0 atom stereocenters. The van der Waals surface area contributed by atoms with Crippen molar-refractivity contribution in [2.24, 2.45) is 0 Å². The van der Waals surface area contributed by atoms with E-state index in [9.17, 15) is 9.90 Å². The molecule has 0 bridgehead atoms. The molecule has 0 saturated heterocycles. The van der Waals surface area contributed by atoms with Gasteiger partial charge in [-0.3, -0.25) is 4.79 Å². The first-order chi connectivity index (χ1) is 14.2. The van der Waals surface area contributed by atoms with Crippen LogP contribution in [0.1, 0.15) is 16.7 Å². The second-order valence-electron chi connectivity index (χ2n) is 6.55. The molecule has 0 spiro atoms. The number of carbonyl (C=O) groups is 1. The number of aliphatic carboxylic acids is 1. The van der Waals surface area contributed by atoms with Gasteiger partial charge in [0.1, 0.15) is 6.61 Å². The van der Waals surface area contributed by atoms with Crippen molar-refractivity contribution in [3.8, 4) is 17.2 Å². The summed E-state index contributed by atoms with van der Waals surface area (Å²) in [6, 6.07) is 23.2. The van der Waals surface area contributed by atoms with Gasteiger partial charge in [-0.25, -0.2) is 0 Å². The SMILES string of the molecule is COc1c(OCCc2ccccc2)cc(CC(=O)O)cc1OCc1ccccc1. The lowest BCUT2D eigenvalue weighted by Gasteiger charge is -2.17. The van der Waals surface area contributed by atoms with Crippen molar-refractivity contribution in [3.05, 3.63) is 89.5 Å². The number of benzene rings is 3. The zero-order chi connectivity index (χ0) is 20.5. The summed E-state index contributed by atoms with van der Waals surface area (Å²) in [5.41, 5.74) is 2.76. The molecule has 0 aliphatic rings. The summed E-state index contributed by atoms with van der Waals surface area (Å²) in [5, 5.41) is 9.19. The van der Waals surface area contributed by atoms with Crippen LogP contribution in [0.25, 0.3) is 0 Å². The van der Waals surface area contributed by atoms with Crippen LogP contribution >= 0.6 is 0 Å². The highest BCUT2D eigenvalue weighted by Gasteiger charge is 2.16. The molecule has 3 aromatic rings. The van der Waals surface area contributed by atoms with Crippen LogP contribution < -0.4 is 14.2 Å². The summed E-state index contributed by atoms with van der Waals surface area (Å²) < 4.78 is 17.4. The van der Waals surface area contributed by atoms with Gasteiger partial charge >= 0.3 is 5.97 Å². The molecule has 0 amide bonds. The van der Waals surface area contributed by atoms with E-state index in [2.05, 4.69) is 0 Å². The third kappa shape index (κ3) is 6.01. The first-order valence-electron chi connectivity index (χ1n) is 9.42. The Hall–Kier alpha value is -3.47. The Kier molecular flexibility index (Phi) is 7.11. The van der Waals surface area contributed by atoms with Crippen molar-refractivity contribution >= 4 is 5.97 Å². The van der Waals surface area contributed by atoms with Gasteiger partial charge in [0.25, 0.3) is 0 Å². The van der Waals surface area contributed by atoms with Crippen LogP contribution in [0.15, 0.2) is 72.8 Å². The minimum atomic E-state index is -0.917. The average molecular weight is 392 g/mol. The Labute approximate surface area is 170 Å². The predicted octanol–water partition coefficient (Wildman–Crippen LogP) is 4.52. The normalized spacial score (nSPS) is 10.4. The number of rotatable bonds is 10. The maximum Gasteiger partial charge on any atom is 0.307 e. The van der Waals surface area contributed by atoms with Crippen LogP contribution in [0.5, 0.6) is 17.2 Å². The zero-order valence-electron chi connectivity index (χ0n) is 16.3. The Morgan fingerprint density at radius 3 is 2.00 bits per heavy atom. The Morgan fingerprint density at radius 1 is 0.828 bits per heavy atom. The largest absolute Gasteiger partial charge is 0.490 e. The summed E-state index contributed by atoms with van der Waals surface area (Å²) in [4.78, 5) is 11.2. The molecular formula is C24H24O5. The molecule has 0 aliphatic carbocycles. The molecule has 0 saturated carbocycles. The molecule has 3 rings (SSSR count). The molecule has 0 aromatic heterocycles. The van der Waals surface area contributed by atoms with Crippen LogP contribution in [0, 0.1) is 0 Å². The van der Waals surface area contributed by atoms with E-state index in [0.717, 1.165) is 17.5 Å². The number of hydrogen-bond acceptors (Lipinski definition) is 4. The molecule has 1 N–H and O–H groups in total. The van der Waals surface area contributed by atoms with E-state index < -0.39 is 5.97 Å². The van der Waals surface area contributed by atoms with E-state index in [1.165, 1.54) is 0 Å². The summed E-state index contributed by atoms with van der Waals surface area (Å²) in [6.45, 7) is 0.784. The molecule has 5 nitrogen and oxygen atoms in total. The molecule has 150 valence electrons. The van der Waals surface area contributed by atoms with Crippen molar-refractivity contribution in [3.63, 3.8) is 0 Å². The van der Waals surface area contributed by atoms with Gasteiger partial charge in [0.15, 0.2) is 11.5 Å². The first kappa shape index (κ1) is 20.3. The standard InChI is InChI=1S/C24H24O5/c1-27-24-21(28-13-12-18-8-4-2-5-9-18)14-20(16-23(25)26)15-22(24)29-17-19-10-6-3-7-11-19/h2-11,14-15H,12-13,16-17H2,1H3,(H,25,26). The summed E-state index contributed by atoms with van der Waals surface area (Å²) in [6.07, 6.45) is 0.605. The van der Waals surface area contributed by atoms with Crippen molar-refractivity contribution < 1.29 is 24.1 Å². The van der Waals surface area contributed by atoms with E-state index in [4.69, 9.17) is 14.2 Å². The Morgan fingerprint density at radius 2 is 1.41 bits per heavy atom. The van der Waals surface area contributed by atoms with Crippen molar-refractivity contribution in [2.75, 3.05) is 13.7 Å². The van der Waals surface area contributed by atoms with Crippen LogP contribution in [0.3, 0.4) is 0 Å². The lowest BCUT2D eigenvalue weighted by Crippen LogP contribution is -2.07. The number of carboxylic acid groups (broad SMARTS) is 1. The van der Waals surface area contributed by atoms with Gasteiger partial charge in [-0.05, 0) is 28.8 Å². The fourth-order valence-electron chi connectivity index (χ4n) is 2.98. The maximum absolute atomic E-state index is 11.2. The second-order valence-corrected chi connectivity index (χ2v) is 6.55. The average Bonchev–Trinajstić information content (AvgIpc) is 2.73. The molecule has 0 aliphatic heterocycles. The fraction of sp³-hybridized carbons (Fsp3) is 0.208. The van der Waals surface area contributed by atoms with Gasteiger partial charge in [-0.2, -0.15) is 0 Å². The van der Waals surface area contributed by atoms with E-state index in [1.807, 2.05) is 60.7 Å². The topological polar surface area (TPSA) is 65.0 Å². The molecule has 0 fully saturated rings. The lowest BCUT2D eigenvalue weighted by molar-refractivity contribution is -0.136. The molecule has 5 heteroatoms. The molecular weight excluding hydrogens is 368 g/mol. The van der Waals surface area contributed by atoms with Crippen molar-refractivity contribution in [2.45, 2.75) is 19.4 Å². The van der Waals surface area contributed by atoms with Gasteiger partial charge in [0.05, 0.1) is 20.1 Å². The van der Waals surface area contributed by atoms with E-state index in [1.54, 1.807) is 19.2 Å². The third-order valence-electron chi connectivity index (χ3n) is 4.37. The van der Waals surface area contributed by atoms with Gasteiger partial charge in [0, 0.05) is 6.42 Å². The zero-order valence-corrected chi connectivity index (χ0v) is 16.3. The fourth-order valence-corrected chi connectivity index (χ4v) is 2.98. The molecule has 0 heterocycles. The van der Waals surface area contributed by atoms with Crippen molar-refractivity contribution in [1.29, 1.82) is 0 Å². The van der Waals surface area contributed by atoms with E-state index in [0.29, 0.717) is 36.0 Å². The van der Waals surface area contributed by atoms with Crippen LogP contribution in [-0.2, 0) is 24.2 Å². The van der Waals surface area contributed by atoms with Crippen LogP contribution in [0.4, 0.5) is 0 Å². The maximum atomic E-state index is 11.2. The molecule has 0 unspecified atom stereocenters. The predicted molar refractivity (Wildman–Crippen MR) is 111 cm³/mol. The minimum absolute atomic E-state index is 0.124. The van der Waals surface area contributed by atoms with Gasteiger partial charge in [-0.1, -0.05) is 60.7 Å². The number of hydrogen-bond donors (Lipinski definition) is 1. The van der Waals surface area contributed by atoms with Crippen LogP contribution in [0.2, 0.25) is 0 Å². The quantitative estimate of drug-likeness (QED) is 0.549. The minimum Gasteiger partial charge on any atom is -0.490 e. The van der Waals surface area contributed by atoms with Gasteiger partial charge < -0.3 is 19.3 Å². The Bertz CT molecular complexity index is 923. The van der Waals surface area contributed by atoms with E-state index in [-0.39, 0.29) is 6.42 Å². The highest BCUT2D eigenvalue weighted by atomic mass is 16.5. The molecule has 3 aromatic carbocycles. The second kappa shape index (κ2) is 10.2. The number of ether oxygens (including phenoxy) is 3. The van der Waals surface area contributed by atoms with Crippen molar-refractivity contribution in [1.82, 2.24) is 0 Å². The Balaban J connectivity index is 1.79. The number of carboxylic acids is 1. The molecule has 0 radical (unpaired) electrons. The molecule has 29 heavy (non-hydrogen) atoms. The van der Waals surface area contributed by atoms with Gasteiger partial charge in [0.2, 0.25) is 5.75 Å². The lowest BCUT2D eigenvalue weighted by atomic mass is 10.1. The summed E-state index contributed by atoms with van der Waals surface area (Å²) in [7, 11) is 1.55. The van der Waals surface area contributed by atoms with Gasteiger partial charge in [-0.15, -0.1) is 0 Å². The summed E-state index contributed by atoms with van der Waals surface area (Å²) in [5.74, 6) is 0.484. The van der Waals surface area contributed by atoms with Crippen LogP contribution in [-0.4, -0.2) is 24.8 Å². The van der Waals surface area contributed by atoms with E-state index >= 15 is 0 Å². The summed E-state index contributed by atoms with van der Waals surface area (Å²) >= 11 is 0. The number of methoxy groups -OCH3 is 1.